The summed E-state index contributed by atoms with van der Waals surface area (Å²) in [6.45, 7) is 3.85. The molecule has 2 nitrogen and oxygen atoms in total. The second-order valence-corrected chi connectivity index (χ2v) is 3.40. The lowest BCUT2D eigenvalue weighted by Crippen LogP contribution is -2.25. The van der Waals surface area contributed by atoms with E-state index in [-0.39, 0.29) is 0 Å². The second kappa shape index (κ2) is 5.57. The summed E-state index contributed by atoms with van der Waals surface area (Å²) in [4.78, 5) is 2.11. The Balaban J connectivity index is 3.27. The van der Waals surface area contributed by atoms with E-state index in [2.05, 4.69) is 23.6 Å². The Morgan fingerprint density at radius 3 is 2.70 bits per heavy atom. The second-order valence-electron chi connectivity index (χ2n) is 2.52. The lowest BCUT2D eigenvalue weighted by Gasteiger charge is -2.16. The van der Waals surface area contributed by atoms with Gasteiger partial charge >= 0.3 is 0 Å². The molecule has 0 radical (unpaired) electrons. The number of nitrogens with zero attached hydrogens (tertiary/aromatic N) is 2. The highest BCUT2D eigenvalue weighted by atomic mass is 32.1. The molecule has 0 fully saturated rings. The van der Waals surface area contributed by atoms with Crippen molar-refractivity contribution in [2.75, 3.05) is 20.1 Å². The van der Waals surface area contributed by atoms with Crippen molar-refractivity contribution >= 4 is 12.6 Å². The van der Waals surface area contributed by atoms with E-state index in [0.29, 0.717) is 11.7 Å². The van der Waals surface area contributed by atoms with Crippen LogP contribution < -0.4 is 0 Å². The molecule has 3 heteroatoms. The average Bonchev–Trinajstić information content (AvgIpc) is 1.82. The maximum atomic E-state index is 8.25. The van der Waals surface area contributed by atoms with Gasteiger partial charge in [0.05, 0.1) is 6.07 Å². The summed E-state index contributed by atoms with van der Waals surface area (Å²) in [6.07, 6.45) is 0.608. The van der Waals surface area contributed by atoms with Crippen LogP contribution in [0.4, 0.5) is 0 Å². The molecule has 0 rings (SSSR count). The van der Waals surface area contributed by atoms with Gasteiger partial charge in [-0.15, -0.1) is 0 Å². The van der Waals surface area contributed by atoms with Crippen molar-refractivity contribution in [3.05, 3.63) is 0 Å². The molecule has 0 aromatic rings. The molecule has 1 atom stereocenters. The van der Waals surface area contributed by atoms with E-state index < -0.39 is 0 Å². The lowest BCUT2D eigenvalue weighted by atomic mass is 10.4. The van der Waals surface area contributed by atoms with Gasteiger partial charge < -0.3 is 4.90 Å². The molecule has 0 aliphatic carbocycles. The van der Waals surface area contributed by atoms with Crippen LogP contribution >= 0.6 is 12.6 Å². The number of hydrogen-bond acceptors (Lipinski definition) is 3. The maximum Gasteiger partial charge on any atom is 0.0635 e. The Morgan fingerprint density at radius 1 is 1.70 bits per heavy atom. The van der Waals surface area contributed by atoms with Gasteiger partial charge in [-0.1, -0.05) is 6.92 Å². The third kappa shape index (κ3) is 5.93. The van der Waals surface area contributed by atoms with E-state index in [0.717, 1.165) is 13.1 Å². The molecule has 0 aliphatic heterocycles. The van der Waals surface area contributed by atoms with Gasteiger partial charge in [-0.2, -0.15) is 17.9 Å². The van der Waals surface area contributed by atoms with Crippen LogP contribution in [0.2, 0.25) is 0 Å². The number of thiol groups is 1. The van der Waals surface area contributed by atoms with Crippen LogP contribution in [0.3, 0.4) is 0 Å². The van der Waals surface area contributed by atoms with Crippen molar-refractivity contribution in [3.8, 4) is 6.07 Å². The Hall–Kier alpha value is -0.200. The van der Waals surface area contributed by atoms with Crippen LogP contribution in [-0.4, -0.2) is 30.3 Å². The van der Waals surface area contributed by atoms with Crippen LogP contribution in [0.5, 0.6) is 0 Å². The van der Waals surface area contributed by atoms with E-state index in [1.807, 2.05) is 14.0 Å². The molecule has 0 saturated heterocycles. The van der Waals surface area contributed by atoms with Crippen molar-refractivity contribution in [1.29, 1.82) is 5.26 Å². The average molecular weight is 158 g/mol. The van der Waals surface area contributed by atoms with Gasteiger partial charge in [0.1, 0.15) is 0 Å². The number of nitriles is 1. The van der Waals surface area contributed by atoms with E-state index >= 15 is 0 Å². The standard InChI is InChI=1S/C7H14N2S/c1-7(10)6-9(2)5-3-4-8/h7,10H,3,5-6H2,1-2H3. The van der Waals surface area contributed by atoms with E-state index in [1.165, 1.54) is 0 Å². The Bertz CT molecular complexity index is 117. The molecule has 0 aromatic carbocycles. The summed E-state index contributed by atoms with van der Waals surface area (Å²) >= 11 is 4.23. The third-order valence-corrected chi connectivity index (χ3v) is 1.34. The molecule has 1 unspecified atom stereocenters. The van der Waals surface area contributed by atoms with Gasteiger partial charge in [0.15, 0.2) is 0 Å². The SMILES string of the molecule is CC(S)CN(C)CCC#N. The quantitative estimate of drug-likeness (QED) is 0.621. The third-order valence-electron chi connectivity index (χ3n) is 1.18. The van der Waals surface area contributed by atoms with Crippen molar-refractivity contribution in [2.45, 2.75) is 18.6 Å². The first kappa shape index (κ1) is 9.80. The molecule has 0 aliphatic rings. The summed E-state index contributed by atoms with van der Waals surface area (Å²) < 4.78 is 0. The van der Waals surface area contributed by atoms with Gasteiger partial charge in [0.2, 0.25) is 0 Å². The van der Waals surface area contributed by atoms with Crippen LogP contribution in [0, 0.1) is 11.3 Å². The normalized spacial score (nSPS) is 13.1. The molecule has 10 heavy (non-hydrogen) atoms. The van der Waals surface area contributed by atoms with E-state index in [1.54, 1.807) is 0 Å². The first-order valence-corrected chi connectivity index (χ1v) is 3.92. The molecular formula is C7H14N2S. The van der Waals surface area contributed by atoms with Gasteiger partial charge in [0.25, 0.3) is 0 Å². The first-order valence-electron chi connectivity index (χ1n) is 3.40. The molecule has 0 amide bonds. The van der Waals surface area contributed by atoms with Gasteiger partial charge in [0, 0.05) is 24.8 Å². The van der Waals surface area contributed by atoms with Crippen molar-refractivity contribution in [2.24, 2.45) is 0 Å². The van der Waals surface area contributed by atoms with Gasteiger partial charge in [-0.05, 0) is 7.05 Å². The molecular weight excluding hydrogens is 144 g/mol. The lowest BCUT2D eigenvalue weighted by molar-refractivity contribution is 0.347. The minimum atomic E-state index is 0.392. The smallest absolute Gasteiger partial charge is 0.0635 e. The first-order chi connectivity index (χ1) is 4.66. The van der Waals surface area contributed by atoms with Crippen LogP contribution in [-0.2, 0) is 0 Å². The van der Waals surface area contributed by atoms with Gasteiger partial charge in [-0.25, -0.2) is 0 Å². The molecule has 0 aromatic heterocycles. The highest BCUT2D eigenvalue weighted by molar-refractivity contribution is 7.80. The fourth-order valence-corrected chi connectivity index (χ4v) is 1.06. The largest absolute Gasteiger partial charge is 0.304 e. The molecule has 0 bridgehead atoms. The Kier molecular flexibility index (Phi) is 5.46. The van der Waals surface area contributed by atoms with Gasteiger partial charge in [-0.3, -0.25) is 0 Å². The Morgan fingerprint density at radius 2 is 2.30 bits per heavy atom. The molecule has 0 N–H and O–H groups in total. The fraction of sp³-hybridized carbons (Fsp3) is 0.857. The predicted molar refractivity (Wildman–Crippen MR) is 46.2 cm³/mol. The topological polar surface area (TPSA) is 27.0 Å². The summed E-state index contributed by atoms with van der Waals surface area (Å²) in [5.74, 6) is 0. The van der Waals surface area contributed by atoms with Crippen LogP contribution in [0.25, 0.3) is 0 Å². The molecule has 58 valence electrons. The summed E-state index contributed by atoms with van der Waals surface area (Å²) in [7, 11) is 2.00. The van der Waals surface area contributed by atoms with E-state index in [9.17, 15) is 0 Å². The zero-order chi connectivity index (χ0) is 7.98. The van der Waals surface area contributed by atoms with Crippen LogP contribution in [0.15, 0.2) is 0 Å². The van der Waals surface area contributed by atoms with Crippen molar-refractivity contribution in [1.82, 2.24) is 4.90 Å². The monoisotopic (exact) mass is 158 g/mol. The van der Waals surface area contributed by atoms with Crippen molar-refractivity contribution in [3.63, 3.8) is 0 Å². The minimum Gasteiger partial charge on any atom is -0.304 e. The molecule has 0 spiro atoms. The fourth-order valence-electron chi connectivity index (χ4n) is 0.783. The van der Waals surface area contributed by atoms with Crippen LogP contribution in [0.1, 0.15) is 13.3 Å². The summed E-state index contributed by atoms with van der Waals surface area (Å²) in [5, 5.41) is 8.65. The summed E-state index contributed by atoms with van der Waals surface area (Å²) in [5.41, 5.74) is 0. The minimum absolute atomic E-state index is 0.392. The predicted octanol–water partition coefficient (Wildman–Crippen LogP) is 1.15. The molecule has 0 saturated carbocycles. The zero-order valence-corrected chi connectivity index (χ0v) is 7.43. The Labute approximate surface area is 68.2 Å². The maximum absolute atomic E-state index is 8.25. The van der Waals surface area contributed by atoms with Crippen molar-refractivity contribution < 1.29 is 0 Å². The van der Waals surface area contributed by atoms with E-state index in [4.69, 9.17) is 5.26 Å². The zero-order valence-electron chi connectivity index (χ0n) is 6.54. The molecule has 0 heterocycles. The highest BCUT2D eigenvalue weighted by Gasteiger charge is 1.99. The summed E-state index contributed by atoms with van der Waals surface area (Å²) in [6, 6.07) is 2.11. The number of hydrogen-bond donors (Lipinski definition) is 1. The number of rotatable bonds is 4. The highest BCUT2D eigenvalue weighted by Crippen LogP contribution is 1.95.